The molecule has 4 rings (SSSR count). The standard InChI is InChI=1S/C17H22N6O/c1-12(2)23-10-16(20-21-23)17(24)5-6-22(11-17)9-13-3-4-14-8-18-19-15(14)7-13/h3-4,7-8,10,12,24H,5-6,9,11H2,1-2H3,(H,18,19)/t17-/m0/s1. The first-order valence-electron chi connectivity index (χ1n) is 8.32. The van der Waals surface area contributed by atoms with E-state index in [4.69, 9.17) is 0 Å². The van der Waals surface area contributed by atoms with E-state index in [1.54, 1.807) is 4.68 Å². The van der Waals surface area contributed by atoms with Gasteiger partial charge in [0.2, 0.25) is 0 Å². The van der Waals surface area contributed by atoms with Crippen molar-refractivity contribution < 1.29 is 5.11 Å². The average molecular weight is 326 g/mol. The van der Waals surface area contributed by atoms with E-state index in [0.29, 0.717) is 18.7 Å². The molecule has 0 unspecified atom stereocenters. The lowest BCUT2D eigenvalue weighted by Gasteiger charge is -2.21. The van der Waals surface area contributed by atoms with Crippen LogP contribution in [0.5, 0.6) is 0 Å². The molecular formula is C17H22N6O. The lowest BCUT2D eigenvalue weighted by Crippen LogP contribution is -2.31. The summed E-state index contributed by atoms with van der Waals surface area (Å²) in [6.45, 7) is 6.32. The van der Waals surface area contributed by atoms with E-state index in [1.807, 2.05) is 12.4 Å². The molecule has 1 fully saturated rings. The van der Waals surface area contributed by atoms with E-state index in [2.05, 4.69) is 57.5 Å². The minimum atomic E-state index is -0.911. The van der Waals surface area contributed by atoms with Crippen molar-refractivity contribution in [2.45, 2.75) is 38.5 Å². The number of fused-ring (bicyclic) bond motifs is 1. The van der Waals surface area contributed by atoms with Crippen LogP contribution in [0, 0.1) is 0 Å². The van der Waals surface area contributed by atoms with Gasteiger partial charge in [-0.1, -0.05) is 17.3 Å². The number of H-pyrrole nitrogens is 1. The molecule has 2 aromatic heterocycles. The molecule has 0 bridgehead atoms. The monoisotopic (exact) mass is 326 g/mol. The Balaban J connectivity index is 1.48. The van der Waals surface area contributed by atoms with Crippen LogP contribution < -0.4 is 0 Å². The van der Waals surface area contributed by atoms with Crippen LogP contribution in [0.25, 0.3) is 10.9 Å². The first-order valence-corrected chi connectivity index (χ1v) is 8.32. The van der Waals surface area contributed by atoms with Crippen LogP contribution in [0.1, 0.15) is 37.6 Å². The fraction of sp³-hybridized carbons (Fsp3) is 0.471. The van der Waals surface area contributed by atoms with Crippen LogP contribution in [0.2, 0.25) is 0 Å². The number of hydrogen-bond acceptors (Lipinski definition) is 5. The molecule has 0 aliphatic carbocycles. The Morgan fingerprint density at radius 2 is 2.25 bits per heavy atom. The summed E-state index contributed by atoms with van der Waals surface area (Å²) in [5, 5.41) is 27.5. The van der Waals surface area contributed by atoms with E-state index < -0.39 is 5.60 Å². The summed E-state index contributed by atoms with van der Waals surface area (Å²) in [6, 6.07) is 6.55. The molecule has 126 valence electrons. The summed E-state index contributed by atoms with van der Waals surface area (Å²) in [6.07, 6.45) is 4.37. The number of hydrogen-bond donors (Lipinski definition) is 2. The average Bonchev–Trinajstić information content (AvgIpc) is 3.26. The second-order valence-electron chi connectivity index (χ2n) is 6.96. The molecule has 1 atom stereocenters. The Morgan fingerprint density at radius 3 is 3.04 bits per heavy atom. The maximum atomic E-state index is 11.0. The summed E-state index contributed by atoms with van der Waals surface area (Å²) in [5.41, 5.74) is 2.01. The van der Waals surface area contributed by atoms with Crippen molar-refractivity contribution in [3.05, 3.63) is 41.9 Å². The van der Waals surface area contributed by atoms with E-state index >= 15 is 0 Å². The Hall–Kier alpha value is -2.25. The van der Waals surface area contributed by atoms with E-state index in [0.717, 1.165) is 24.0 Å². The molecule has 3 heterocycles. The highest BCUT2D eigenvalue weighted by Gasteiger charge is 2.40. The number of nitrogens with one attached hydrogen (secondary N) is 1. The van der Waals surface area contributed by atoms with Crippen molar-refractivity contribution in [1.29, 1.82) is 0 Å². The zero-order chi connectivity index (χ0) is 16.7. The number of aromatic nitrogens is 5. The highest BCUT2D eigenvalue weighted by Crippen LogP contribution is 2.31. The highest BCUT2D eigenvalue weighted by atomic mass is 16.3. The molecule has 0 amide bonds. The van der Waals surface area contributed by atoms with Crippen molar-refractivity contribution in [3.63, 3.8) is 0 Å². The largest absolute Gasteiger partial charge is 0.382 e. The molecule has 1 saturated heterocycles. The topological polar surface area (TPSA) is 82.9 Å². The maximum absolute atomic E-state index is 11.0. The van der Waals surface area contributed by atoms with Crippen LogP contribution in [0.3, 0.4) is 0 Å². The molecule has 1 aromatic carbocycles. The number of rotatable bonds is 4. The molecule has 0 saturated carbocycles. The van der Waals surface area contributed by atoms with Gasteiger partial charge < -0.3 is 5.11 Å². The molecule has 1 aliphatic rings. The first kappa shape index (κ1) is 15.3. The second-order valence-corrected chi connectivity index (χ2v) is 6.96. The Morgan fingerprint density at radius 1 is 1.38 bits per heavy atom. The van der Waals surface area contributed by atoms with Gasteiger partial charge in [0.15, 0.2) is 0 Å². The van der Waals surface area contributed by atoms with Gasteiger partial charge in [0.25, 0.3) is 0 Å². The van der Waals surface area contributed by atoms with Crippen LogP contribution in [-0.4, -0.2) is 48.3 Å². The molecule has 0 spiro atoms. The van der Waals surface area contributed by atoms with Crippen LogP contribution in [0.15, 0.2) is 30.6 Å². The Kier molecular flexibility index (Phi) is 3.62. The summed E-state index contributed by atoms with van der Waals surface area (Å²) in [4.78, 5) is 2.26. The van der Waals surface area contributed by atoms with Gasteiger partial charge in [0.1, 0.15) is 11.3 Å². The third-order valence-corrected chi connectivity index (χ3v) is 4.76. The maximum Gasteiger partial charge on any atom is 0.124 e. The van der Waals surface area contributed by atoms with Gasteiger partial charge >= 0.3 is 0 Å². The summed E-state index contributed by atoms with van der Waals surface area (Å²) >= 11 is 0. The quantitative estimate of drug-likeness (QED) is 0.764. The van der Waals surface area contributed by atoms with Crippen molar-refractivity contribution in [2.75, 3.05) is 13.1 Å². The Bertz CT molecular complexity index is 854. The lowest BCUT2D eigenvalue weighted by atomic mass is 10.00. The number of aromatic amines is 1. The number of benzene rings is 1. The Labute approximate surface area is 140 Å². The molecule has 7 heteroatoms. The third-order valence-electron chi connectivity index (χ3n) is 4.76. The number of nitrogens with zero attached hydrogens (tertiary/aromatic N) is 5. The van der Waals surface area contributed by atoms with E-state index in [9.17, 15) is 5.11 Å². The van der Waals surface area contributed by atoms with Crippen LogP contribution in [0.4, 0.5) is 0 Å². The zero-order valence-corrected chi connectivity index (χ0v) is 14.0. The lowest BCUT2D eigenvalue weighted by molar-refractivity contribution is 0.0408. The smallest absolute Gasteiger partial charge is 0.124 e. The first-order chi connectivity index (χ1) is 11.5. The van der Waals surface area contributed by atoms with Crippen molar-refractivity contribution in [3.8, 4) is 0 Å². The fourth-order valence-electron chi connectivity index (χ4n) is 3.30. The van der Waals surface area contributed by atoms with Gasteiger partial charge in [-0.3, -0.25) is 10.00 Å². The minimum absolute atomic E-state index is 0.244. The summed E-state index contributed by atoms with van der Waals surface area (Å²) in [5.74, 6) is 0. The van der Waals surface area contributed by atoms with E-state index in [1.165, 1.54) is 5.56 Å². The molecule has 7 nitrogen and oxygen atoms in total. The molecule has 2 N–H and O–H groups in total. The molecule has 1 aliphatic heterocycles. The molecule has 0 radical (unpaired) electrons. The van der Waals surface area contributed by atoms with Crippen LogP contribution in [-0.2, 0) is 12.1 Å². The SMILES string of the molecule is CC(C)n1cc([C@]2(O)CCN(Cc3ccc4cn[nH]c4c3)C2)nn1. The third kappa shape index (κ3) is 2.70. The van der Waals surface area contributed by atoms with Gasteiger partial charge in [-0.15, -0.1) is 5.10 Å². The fourth-order valence-corrected chi connectivity index (χ4v) is 3.30. The van der Waals surface area contributed by atoms with E-state index in [-0.39, 0.29) is 6.04 Å². The van der Waals surface area contributed by atoms with Crippen LogP contribution >= 0.6 is 0 Å². The molecule has 24 heavy (non-hydrogen) atoms. The normalized spacial score (nSPS) is 22.0. The number of β-amino-alcohol motifs (C(OH)–C–C–N with tert-alkyl or cyclic N) is 1. The zero-order valence-electron chi connectivity index (χ0n) is 14.0. The van der Waals surface area contributed by atoms with Crippen molar-refractivity contribution in [2.24, 2.45) is 0 Å². The van der Waals surface area contributed by atoms with Gasteiger partial charge in [-0.05, 0) is 31.9 Å². The second kappa shape index (κ2) is 5.68. The summed E-state index contributed by atoms with van der Waals surface area (Å²) in [7, 11) is 0. The predicted molar refractivity (Wildman–Crippen MR) is 90.3 cm³/mol. The van der Waals surface area contributed by atoms with Gasteiger partial charge in [0, 0.05) is 31.1 Å². The highest BCUT2D eigenvalue weighted by molar-refractivity contribution is 5.78. The predicted octanol–water partition coefficient (Wildman–Crippen LogP) is 1.83. The molecule has 3 aromatic rings. The minimum Gasteiger partial charge on any atom is -0.382 e. The molecular weight excluding hydrogens is 304 g/mol. The van der Waals surface area contributed by atoms with Gasteiger partial charge in [-0.2, -0.15) is 5.10 Å². The van der Waals surface area contributed by atoms with Crippen molar-refractivity contribution in [1.82, 2.24) is 30.1 Å². The number of aliphatic hydroxyl groups is 1. The van der Waals surface area contributed by atoms with Gasteiger partial charge in [0.05, 0.1) is 17.9 Å². The summed E-state index contributed by atoms with van der Waals surface area (Å²) < 4.78 is 1.79. The van der Waals surface area contributed by atoms with Crippen molar-refractivity contribution >= 4 is 10.9 Å². The number of likely N-dealkylation sites (tertiary alicyclic amines) is 1. The van der Waals surface area contributed by atoms with Gasteiger partial charge in [-0.25, -0.2) is 4.68 Å².